The van der Waals surface area contributed by atoms with Crippen LogP contribution in [-0.4, -0.2) is 16.1 Å². The molecule has 0 saturated heterocycles. The molecule has 132 valence electrons. The van der Waals surface area contributed by atoms with Crippen LogP contribution in [0.3, 0.4) is 0 Å². The SMILES string of the molecule is O=C(O)c1c(Cc2ccccc2)c(-c2ccccc2)nc2ccc(Br)cc12. The van der Waals surface area contributed by atoms with Crippen LogP contribution in [0.4, 0.5) is 0 Å². The molecule has 0 bridgehead atoms. The number of carbonyl (C=O) groups is 1. The van der Waals surface area contributed by atoms with E-state index in [0.29, 0.717) is 28.6 Å². The molecule has 0 fully saturated rings. The van der Waals surface area contributed by atoms with E-state index in [0.717, 1.165) is 21.2 Å². The molecule has 0 spiro atoms. The van der Waals surface area contributed by atoms with Crippen LogP contribution in [0.15, 0.2) is 83.3 Å². The molecule has 0 unspecified atom stereocenters. The number of halogens is 1. The fraction of sp³-hybridized carbons (Fsp3) is 0.0435. The third kappa shape index (κ3) is 3.49. The highest BCUT2D eigenvalue weighted by Crippen LogP contribution is 2.33. The molecule has 0 atom stereocenters. The number of hydrogen-bond acceptors (Lipinski definition) is 2. The van der Waals surface area contributed by atoms with Gasteiger partial charge in [-0.25, -0.2) is 9.78 Å². The Kier molecular flexibility index (Phi) is 4.73. The lowest BCUT2D eigenvalue weighted by molar-refractivity contribution is 0.0698. The van der Waals surface area contributed by atoms with Gasteiger partial charge in [-0.1, -0.05) is 76.6 Å². The van der Waals surface area contributed by atoms with E-state index in [1.807, 2.05) is 78.9 Å². The third-order valence-electron chi connectivity index (χ3n) is 4.53. The van der Waals surface area contributed by atoms with Crippen LogP contribution in [0.25, 0.3) is 22.2 Å². The van der Waals surface area contributed by atoms with Crippen molar-refractivity contribution in [3.8, 4) is 11.3 Å². The molecule has 0 aliphatic heterocycles. The van der Waals surface area contributed by atoms with Gasteiger partial charge in [0.15, 0.2) is 0 Å². The van der Waals surface area contributed by atoms with E-state index in [1.165, 1.54) is 0 Å². The maximum atomic E-state index is 12.3. The number of pyridine rings is 1. The molecule has 1 heterocycles. The Bertz CT molecular complexity index is 1130. The second-order valence-electron chi connectivity index (χ2n) is 6.31. The van der Waals surface area contributed by atoms with Gasteiger partial charge in [0.2, 0.25) is 0 Å². The van der Waals surface area contributed by atoms with Crippen LogP contribution in [-0.2, 0) is 6.42 Å². The zero-order chi connectivity index (χ0) is 18.8. The van der Waals surface area contributed by atoms with E-state index in [4.69, 9.17) is 4.98 Å². The largest absolute Gasteiger partial charge is 0.478 e. The summed E-state index contributed by atoms with van der Waals surface area (Å²) in [5.74, 6) is -0.941. The van der Waals surface area contributed by atoms with Crippen molar-refractivity contribution in [2.24, 2.45) is 0 Å². The normalized spacial score (nSPS) is 10.9. The first-order valence-corrected chi connectivity index (χ1v) is 9.37. The van der Waals surface area contributed by atoms with Crippen molar-refractivity contribution in [3.63, 3.8) is 0 Å². The van der Waals surface area contributed by atoms with Gasteiger partial charge < -0.3 is 5.11 Å². The van der Waals surface area contributed by atoms with Crippen molar-refractivity contribution in [1.82, 2.24) is 4.98 Å². The number of nitrogens with zero attached hydrogens (tertiary/aromatic N) is 1. The summed E-state index contributed by atoms with van der Waals surface area (Å²) in [6.45, 7) is 0. The summed E-state index contributed by atoms with van der Waals surface area (Å²) in [6, 6.07) is 25.2. The Labute approximate surface area is 165 Å². The van der Waals surface area contributed by atoms with Crippen LogP contribution in [0, 0.1) is 0 Å². The van der Waals surface area contributed by atoms with Crippen molar-refractivity contribution in [1.29, 1.82) is 0 Å². The van der Waals surface area contributed by atoms with Crippen LogP contribution >= 0.6 is 15.9 Å². The van der Waals surface area contributed by atoms with Crippen LogP contribution < -0.4 is 0 Å². The van der Waals surface area contributed by atoms with Gasteiger partial charge in [-0.05, 0) is 29.3 Å². The molecule has 0 radical (unpaired) electrons. The molecular formula is C23H16BrNO2. The molecule has 1 aromatic heterocycles. The Morgan fingerprint density at radius 3 is 2.26 bits per heavy atom. The number of rotatable bonds is 4. The fourth-order valence-corrected chi connectivity index (χ4v) is 3.69. The van der Waals surface area contributed by atoms with E-state index >= 15 is 0 Å². The lowest BCUT2D eigenvalue weighted by atomic mass is 9.92. The van der Waals surface area contributed by atoms with Gasteiger partial charge in [-0.2, -0.15) is 0 Å². The van der Waals surface area contributed by atoms with Gasteiger partial charge in [0.25, 0.3) is 0 Å². The first-order valence-electron chi connectivity index (χ1n) is 8.58. The van der Waals surface area contributed by atoms with E-state index in [-0.39, 0.29) is 0 Å². The topological polar surface area (TPSA) is 50.2 Å². The molecule has 1 N–H and O–H groups in total. The number of hydrogen-bond donors (Lipinski definition) is 1. The quantitative estimate of drug-likeness (QED) is 0.445. The molecule has 0 amide bonds. The maximum absolute atomic E-state index is 12.3. The van der Waals surface area contributed by atoms with Crippen molar-refractivity contribution in [2.75, 3.05) is 0 Å². The van der Waals surface area contributed by atoms with Gasteiger partial charge >= 0.3 is 5.97 Å². The molecule has 27 heavy (non-hydrogen) atoms. The second-order valence-corrected chi connectivity index (χ2v) is 7.22. The summed E-state index contributed by atoms with van der Waals surface area (Å²) in [4.78, 5) is 17.1. The van der Waals surface area contributed by atoms with Gasteiger partial charge in [0.1, 0.15) is 0 Å². The summed E-state index contributed by atoms with van der Waals surface area (Å²) in [7, 11) is 0. The zero-order valence-electron chi connectivity index (χ0n) is 14.4. The predicted molar refractivity (Wildman–Crippen MR) is 111 cm³/mol. The van der Waals surface area contributed by atoms with Crippen molar-refractivity contribution >= 4 is 32.8 Å². The Hall–Kier alpha value is -2.98. The standard InChI is InChI=1S/C23H16BrNO2/c24-17-11-12-20-18(14-17)21(23(26)27)19(13-15-7-3-1-4-8-15)22(25-20)16-9-5-2-6-10-16/h1-12,14H,13H2,(H,26,27). The summed E-state index contributed by atoms with van der Waals surface area (Å²) < 4.78 is 0.831. The second kappa shape index (κ2) is 7.33. The monoisotopic (exact) mass is 417 g/mol. The van der Waals surface area contributed by atoms with Gasteiger partial charge in [0.05, 0.1) is 16.8 Å². The highest BCUT2D eigenvalue weighted by atomic mass is 79.9. The molecule has 4 rings (SSSR count). The van der Waals surface area contributed by atoms with E-state index in [2.05, 4.69) is 15.9 Å². The summed E-state index contributed by atoms with van der Waals surface area (Å²) in [5.41, 5.74) is 4.39. The lowest BCUT2D eigenvalue weighted by Gasteiger charge is -2.16. The smallest absolute Gasteiger partial charge is 0.336 e. The molecule has 4 heteroatoms. The first-order chi connectivity index (χ1) is 13.1. The lowest BCUT2D eigenvalue weighted by Crippen LogP contribution is -2.08. The van der Waals surface area contributed by atoms with Gasteiger partial charge in [-0.15, -0.1) is 0 Å². The number of benzene rings is 3. The predicted octanol–water partition coefficient (Wildman–Crippen LogP) is 5.95. The molecule has 0 aliphatic carbocycles. The average molecular weight is 418 g/mol. The minimum atomic E-state index is -0.941. The molecule has 0 aliphatic rings. The fourth-order valence-electron chi connectivity index (χ4n) is 3.33. The van der Waals surface area contributed by atoms with E-state index in [9.17, 15) is 9.90 Å². The maximum Gasteiger partial charge on any atom is 0.336 e. The number of aromatic nitrogens is 1. The molecule has 0 saturated carbocycles. The average Bonchev–Trinajstić information content (AvgIpc) is 2.68. The Balaban J connectivity index is 2.06. The summed E-state index contributed by atoms with van der Waals surface area (Å²) in [6.07, 6.45) is 0.502. The Morgan fingerprint density at radius 2 is 1.59 bits per heavy atom. The van der Waals surface area contributed by atoms with Crippen LogP contribution in [0.1, 0.15) is 21.5 Å². The third-order valence-corrected chi connectivity index (χ3v) is 5.03. The van der Waals surface area contributed by atoms with Crippen molar-refractivity contribution in [2.45, 2.75) is 6.42 Å². The first kappa shape index (κ1) is 17.4. The zero-order valence-corrected chi connectivity index (χ0v) is 16.0. The van der Waals surface area contributed by atoms with Crippen LogP contribution in [0.2, 0.25) is 0 Å². The van der Waals surface area contributed by atoms with Gasteiger partial charge in [-0.3, -0.25) is 0 Å². The number of fused-ring (bicyclic) bond motifs is 1. The Morgan fingerprint density at radius 1 is 0.926 bits per heavy atom. The molecule has 3 aromatic carbocycles. The number of aromatic carboxylic acids is 1. The van der Waals surface area contributed by atoms with E-state index < -0.39 is 5.97 Å². The van der Waals surface area contributed by atoms with Crippen LogP contribution in [0.5, 0.6) is 0 Å². The van der Waals surface area contributed by atoms with Crippen molar-refractivity contribution < 1.29 is 9.90 Å². The molecular weight excluding hydrogens is 402 g/mol. The highest BCUT2D eigenvalue weighted by molar-refractivity contribution is 9.10. The number of carboxylic acid groups (broad SMARTS) is 1. The van der Waals surface area contributed by atoms with Gasteiger partial charge in [0, 0.05) is 21.8 Å². The molecule has 3 nitrogen and oxygen atoms in total. The summed E-state index contributed by atoms with van der Waals surface area (Å²) in [5, 5.41) is 10.7. The number of carboxylic acids is 1. The van der Waals surface area contributed by atoms with E-state index in [1.54, 1.807) is 0 Å². The summed E-state index contributed by atoms with van der Waals surface area (Å²) >= 11 is 3.45. The highest BCUT2D eigenvalue weighted by Gasteiger charge is 2.21. The minimum Gasteiger partial charge on any atom is -0.478 e. The minimum absolute atomic E-state index is 0.309. The molecule has 4 aromatic rings. The van der Waals surface area contributed by atoms with Crippen molar-refractivity contribution in [3.05, 3.63) is 100 Å².